The minimum atomic E-state index is -0.193. The Balaban J connectivity index is 2.56. The van der Waals surface area contributed by atoms with E-state index in [1.165, 1.54) is 9.75 Å². The Morgan fingerprint density at radius 1 is 1.32 bits per heavy atom. The van der Waals surface area contributed by atoms with Gasteiger partial charge in [-0.25, -0.2) is 0 Å². The van der Waals surface area contributed by atoms with Gasteiger partial charge in [-0.1, -0.05) is 6.92 Å². The maximum atomic E-state index is 12.0. The molecular formula is C15H26N2OS. The summed E-state index contributed by atoms with van der Waals surface area (Å²) in [5.41, 5.74) is -0.186. The van der Waals surface area contributed by atoms with Gasteiger partial charge in [0.2, 0.25) is 5.91 Å². The summed E-state index contributed by atoms with van der Waals surface area (Å²) in [6, 6.07) is 4.32. The van der Waals surface area contributed by atoms with Crippen molar-refractivity contribution in [1.82, 2.24) is 10.6 Å². The van der Waals surface area contributed by atoms with E-state index < -0.39 is 0 Å². The Morgan fingerprint density at radius 3 is 2.42 bits per heavy atom. The van der Waals surface area contributed by atoms with Crippen molar-refractivity contribution in [3.63, 3.8) is 0 Å². The number of aryl methyl sites for hydroxylation is 1. The number of thiophene rings is 1. The van der Waals surface area contributed by atoms with Crippen LogP contribution in [0.2, 0.25) is 0 Å². The normalized spacial score (nSPS) is 15.1. The Bertz CT molecular complexity index is 420. The molecule has 108 valence electrons. The van der Waals surface area contributed by atoms with Crippen LogP contribution in [0, 0.1) is 0 Å². The number of carbonyl (C=O) groups is 1. The molecule has 0 fully saturated rings. The van der Waals surface area contributed by atoms with Gasteiger partial charge in [0.15, 0.2) is 0 Å². The third kappa shape index (κ3) is 5.33. The number of carbonyl (C=O) groups excluding carboxylic acids is 1. The highest BCUT2D eigenvalue weighted by atomic mass is 32.1. The van der Waals surface area contributed by atoms with Gasteiger partial charge in [0.05, 0.1) is 6.04 Å². The lowest BCUT2D eigenvalue weighted by molar-refractivity contribution is -0.124. The lowest BCUT2D eigenvalue weighted by Crippen LogP contribution is -2.49. The zero-order chi connectivity index (χ0) is 14.6. The summed E-state index contributed by atoms with van der Waals surface area (Å²) in [4.78, 5) is 14.7. The van der Waals surface area contributed by atoms with Crippen LogP contribution in [-0.2, 0) is 11.2 Å². The van der Waals surface area contributed by atoms with Crippen LogP contribution in [0.1, 0.15) is 57.3 Å². The first-order valence-electron chi connectivity index (χ1n) is 6.89. The van der Waals surface area contributed by atoms with Crippen LogP contribution in [-0.4, -0.2) is 17.5 Å². The largest absolute Gasteiger partial charge is 0.350 e. The van der Waals surface area contributed by atoms with E-state index in [0.29, 0.717) is 0 Å². The lowest BCUT2D eigenvalue weighted by Gasteiger charge is -2.25. The van der Waals surface area contributed by atoms with Crippen molar-refractivity contribution in [2.45, 2.75) is 65.6 Å². The predicted molar refractivity (Wildman–Crippen MR) is 82.6 cm³/mol. The molecule has 1 aromatic rings. The van der Waals surface area contributed by atoms with Gasteiger partial charge < -0.3 is 5.32 Å². The van der Waals surface area contributed by atoms with Crippen molar-refractivity contribution in [3.8, 4) is 0 Å². The minimum absolute atomic E-state index is 0.0478. The van der Waals surface area contributed by atoms with Gasteiger partial charge in [-0.15, -0.1) is 11.3 Å². The van der Waals surface area contributed by atoms with Crippen LogP contribution in [0.15, 0.2) is 12.1 Å². The first-order valence-corrected chi connectivity index (χ1v) is 7.71. The second kappa shape index (κ2) is 6.53. The fourth-order valence-electron chi connectivity index (χ4n) is 1.83. The van der Waals surface area contributed by atoms with E-state index >= 15 is 0 Å². The summed E-state index contributed by atoms with van der Waals surface area (Å²) in [6.45, 7) is 12.2. The van der Waals surface area contributed by atoms with Gasteiger partial charge >= 0.3 is 0 Å². The SMILES string of the molecule is CCc1ccc(C(C)NC(C)C(=O)NC(C)(C)C)s1. The van der Waals surface area contributed by atoms with Crippen LogP contribution >= 0.6 is 11.3 Å². The topological polar surface area (TPSA) is 41.1 Å². The molecule has 0 aliphatic rings. The van der Waals surface area contributed by atoms with E-state index in [1.54, 1.807) is 0 Å². The Kier molecular flexibility index (Phi) is 5.56. The van der Waals surface area contributed by atoms with E-state index in [9.17, 15) is 4.79 Å². The molecule has 0 aromatic carbocycles. The van der Waals surface area contributed by atoms with E-state index in [2.05, 4.69) is 36.6 Å². The quantitative estimate of drug-likeness (QED) is 0.870. The third-order valence-corrected chi connectivity index (χ3v) is 4.26. The molecule has 0 saturated carbocycles. The zero-order valence-corrected chi connectivity index (χ0v) is 13.6. The fraction of sp³-hybridized carbons (Fsp3) is 0.667. The Hall–Kier alpha value is -0.870. The molecule has 0 spiro atoms. The van der Waals surface area contributed by atoms with Crippen molar-refractivity contribution in [2.75, 3.05) is 0 Å². The minimum Gasteiger partial charge on any atom is -0.350 e. The highest BCUT2D eigenvalue weighted by molar-refractivity contribution is 7.12. The standard InChI is InChI=1S/C15H26N2OS/c1-7-12-8-9-13(19-12)10(2)16-11(3)14(18)17-15(4,5)6/h8-11,16H,7H2,1-6H3,(H,17,18). The number of nitrogens with one attached hydrogen (secondary N) is 2. The molecule has 0 saturated heterocycles. The molecule has 0 aliphatic heterocycles. The average molecular weight is 282 g/mol. The molecule has 1 aromatic heterocycles. The summed E-state index contributed by atoms with van der Waals surface area (Å²) in [7, 11) is 0. The Labute approximate surface area is 120 Å². The molecule has 3 nitrogen and oxygen atoms in total. The first-order chi connectivity index (χ1) is 8.73. The molecule has 1 heterocycles. The number of rotatable bonds is 5. The molecule has 0 aliphatic carbocycles. The molecule has 1 rings (SSSR count). The van der Waals surface area contributed by atoms with Crippen molar-refractivity contribution >= 4 is 17.2 Å². The second-order valence-electron chi connectivity index (χ2n) is 6.01. The van der Waals surface area contributed by atoms with Crippen LogP contribution in [0.4, 0.5) is 0 Å². The van der Waals surface area contributed by atoms with Crippen LogP contribution < -0.4 is 10.6 Å². The van der Waals surface area contributed by atoms with Gasteiger partial charge in [-0.05, 0) is 53.2 Å². The predicted octanol–water partition coefficient (Wildman–Crippen LogP) is 3.26. The van der Waals surface area contributed by atoms with Crippen molar-refractivity contribution in [2.24, 2.45) is 0 Å². The summed E-state index contributed by atoms with van der Waals surface area (Å²) in [6.07, 6.45) is 1.07. The molecular weight excluding hydrogens is 256 g/mol. The third-order valence-electron chi connectivity index (χ3n) is 2.85. The molecule has 2 unspecified atom stereocenters. The molecule has 2 N–H and O–H groups in total. The van der Waals surface area contributed by atoms with E-state index in [1.807, 2.05) is 39.0 Å². The van der Waals surface area contributed by atoms with Crippen LogP contribution in [0.3, 0.4) is 0 Å². The van der Waals surface area contributed by atoms with E-state index in [-0.39, 0.29) is 23.5 Å². The summed E-state index contributed by atoms with van der Waals surface area (Å²) in [5, 5.41) is 6.35. The van der Waals surface area contributed by atoms with E-state index in [0.717, 1.165) is 6.42 Å². The monoisotopic (exact) mass is 282 g/mol. The smallest absolute Gasteiger partial charge is 0.237 e. The number of hydrogen-bond acceptors (Lipinski definition) is 3. The molecule has 1 amide bonds. The summed E-state index contributed by atoms with van der Waals surface area (Å²) >= 11 is 1.81. The van der Waals surface area contributed by atoms with Crippen LogP contribution in [0.5, 0.6) is 0 Å². The van der Waals surface area contributed by atoms with Gasteiger partial charge in [-0.3, -0.25) is 10.1 Å². The van der Waals surface area contributed by atoms with E-state index in [4.69, 9.17) is 0 Å². The lowest BCUT2D eigenvalue weighted by atomic mass is 10.1. The summed E-state index contributed by atoms with van der Waals surface area (Å²) < 4.78 is 0. The van der Waals surface area contributed by atoms with Gasteiger partial charge in [0, 0.05) is 21.3 Å². The molecule has 0 bridgehead atoms. The van der Waals surface area contributed by atoms with Crippen molar-refractivity contribution in [1.29, 1.82) is 0 Å². The van der Waals surface area contributed by atoms with Crippen LogP contribution in [0.25, 0.3) is 0 Å². The number of hydrogen-bond donors (Lipinski definition) is 2. The Morgan fingerprint density at radius 2 is 1.95 bits per heavy atom. The van der Waals surface area contributed by atoms with Gasteiger partial charge in [-0.2, -0.15) is 0 Å². The second-order valence-corrected chi connectivity index (χ2v) is 7.21. The zero-order valence-electron chi connectivity index (χ0n) is 12.8. The fourth-order valence-corrected chi connectivity index (χ4v) is 2.79. The average Bonchev–Trinajstić information content (AvgIpc) is 2.75. The highest BCUT2D eigenvalue weighted by Gasteiger charge is 2.21. The molecule has 2 atom stereocenters. The number of amides is 1. The highest BCUT2D eigenvalue weighted by Crippen LogP contribution is 2.23. The molecule has 19 heavy (non-hydrogen) atoms. The molecule has 4 heteroatoms. The van der Waals surface area contributed by atoms with Gasteiger partial charge in [0.25, 0.3) is 0 Å². The van der Waals surface area contributed by atoms with Crippen molar-refractivity contribution < 1.29 is 4.79 Å². The molecule has 0 radical (unpaired) electrons. The first kappa shape index (κ1) is 16.2. The maximum Gasteiger partial charge on any atom is 0.237 e. The maximum absolute atomic E-state index is 12.0. The summed E-state index contributed by atoms with van der Waals surface area (Å²) in [5.74, 6) is 0.0478. The van der Waals surface area contributed by atoms with Crippen molar-refractivity contribution in [3.05, 3.63) is 21.9 Å². The van der Waals surface area contributed by atoms with Gasteiger partial charge in [0.1, 0.15) is 0 Å².